The molecule has 1 aromatic carbocycles. The Hall–Kier alpha value is -1.40. The number of piperidine rings is 1. The Morgan fingerprint density at radius 2 is 1.78 bits per heavy atom. The van der Waals surface area contributed by atoms with Gasteiger partial charge in [-0.3, -0.25) is 4.79 Å². The van der Waals surface area contributed by atoms with Crippen LogP contribution in [0.1, 0.15) is 74.7 Å². The summed E-state index contributed by atoms with van der Waals surface area (Å²) in [5.74, 6) is 0.565. The molecule has 1 heterocycles. The van der Waals surface area contributed by atoms with Crippen LogP contribution in [0.2, 0.25) is 0 Å². The van der Waals surface area contributed by atoms with Crippen molar-refractivity contribution >= 4 is 15.9 Å². The first-order valence-electron chi connectivity index (χ1n) is 10.2. The predicted molar refractivity (Wildman–Crippen MR) is 107 cm³/mol. The molecule has 1 aliphatic heterocycles. The minimum atomic E-state index is -3.57. The molecule has 6 heteroatoms. The molecule has 2 fully saturated rings. The number of carbonyl (C=O) groups is 1. The number of carbonyl (C=O) groups excluding carboxylic acids is 1. The van der Waals surface area contributed by atoms with Gasteiger partial charge in [-0.1, -0.05) is 19.4 Å². The van der Waals surface area contributed by atoms with Gasteiger partial charge >= 0.3 is 0 Å². The van der Waals surface area contributed by atoms with Crippen molar-refractivity contribution in [1.29, 1.82) is 0 Å². The summed E-state index contributed by atoms with van der Waals surface area (Å²) in [6.07, 6.45) is 7.09. The van der Waals surface area contributed by atoms with E-state index in [0.717, 1.165) is 56.4 Å². The van der Waals surface area contributed by atoms with Crippen LogP contribution >= 0.6 is 0 Å². The highest BCUT2D eigenvalue weighted by molar-refractivity contribution is 7.89. The molecule has 1 N–H and O–H groups in total. The first kappa shape index (κ1) is 20.3. The first-order valence-corrected chi connectivity index (χ1v) is 11.7. The molecular formula is C21H32N2O3S. The van der Waals surface area contributed by atoms with E-state index in [4.69, 9.17) is 0 Å². The van der Waals surface area contributed by atoms with Crippen LogP contribution in [0.25, 0.3) is 0 Å². The van der Waals surface area contributed by atoms with E-state index >= 15 is 0 Å². The summed E-state index contributed by atoms with van der Waals surface area (Å²) < 4.78 is 27.8. The van der Waals surface area contributed by atoms with Gasteiger partial charge in [-0.25, -0.2) is 8.42 Å². The average molecular weight is 393 g/mol. The lowest BCUT2D eigenvalue weighted by Gasteiger charge is -2.32. The highest BCUT2D eigenvalue weighted by Crippen LogP contribution is 2.27. The number of benzene rings is 1. The first-order chi connectivity index (χ1) is 12.8. The lowest BCUT2D eigenvalue weighted by atomic mass is 9.87. The Labute approximate surface area is 163 Å². The number of hydrogen-bond acceptors (Lipinski definition) is 3. The molecule has 27 heavy (non-hydrogen) atoms. The maximum atomic E-state index is 13.1. The second kappa shape index (κ2) is 8.31. The molecular weight excluding hydrogens is 360 g/mol. The summed E-state index contributed by atoms with van der Waals surface area (Å²) in [6.45, 7) is 6.62. The topological polar surface area (TPSA) is 66.5 Å². The third-order valence-corrected chi connectivity index (χ3v) is 8.16. The van der Waals surface area contributed by atoms with Crippen molar-refractivity contribution in [3.63, 3.8) is 0 Å². The van der Waals surface area contributed by atoms with Gasteiger partial charge in [0.2, 0.25) is 10.0 Å². The molecule has 1 amide bonds. The van der Waals surface area contributed by atoms with Gasteiger partial charge in [-0.15, -0.1) is 0 Å². The van der Waals surface area contributed by atoms with E-state index in [9.17, 15) is 13.2 Å². The van der Waals surface area contributed by atoms with E-state index in [1.807, 2.05) is 13.8 Å². The minimum Gasteiger partial charge on any atom is -0.349 e. The third-order valence-electron chi connectivity index (χ3n) is 6.15. The fourth-order valence-corrected chi connectivity index (χ4v) is 5.96. The Morgan fingerprint density at radius 3 is 2.44 bits per heavy atom. The van der Waals surface area contributed by atoms with Crippen LogP contribution in [0.5, 0.6) is 0 Å². The van der Waals surface area contributed by atoms with Crippen LogP contribution < -0.4 is 5.32 Å². The molecule has 1 saturated carbocycles. The average Bonchev–Trinajstić information content (AvgIpc) is 2.64. The number of nitrogens with zero attached hydrogens (tertiary/aromatic N) is 1. The van der Waals surface area contributed by atoms with E-state index in [1.165, 1.54) is 0 Å². The number of sulfonamides is 1. The van der Waals surface area contributed by atoms with Crippen LogP contribution in [0, 0.1) is 12.8 Å². The Bertz CT molecular complexity index is 783. The lowest BCUT2D eigenvalue weighted by Crippen LogP contribution is -2.42. The number of rotatable bonds is 4. The molecule has 150 valence electrons. The van der Waals surface area contributed by atoms with Gasteiger partial charge < -0.3 is 5.32 Å². The van der Waals surface area contributed by atoms with E-state index in [1.54, 1.807) is 22.5 Å². The number of hydrogen-bond donors (Lipinski definition) is 1. The standard InChI is InChI=1S/C21H32N2O3S/c1-15-7-10-18(11-8-15)22-21(24)20-14-19(12-9-16(20)2)27(25,26)23-13-5-4-6-17(23)3/h9,12,14-15,17-18H,4-8,10-11,13H2,1-3H3,(H,22,24). The molecule has 0 bridgehead atoms. The monoisotopic (exact) mass is 392 g/mol. The zero-order chi connectivity index (χ0) is 19.6. The molecule has 0 spiro atoms. The molecule has 1 aliphatic carbocycles. The van der Waals surface area contributed by atoms with Crippen LogP contribution in [0.15, 0.2) is 23.1 Å². The summed E-state index contributed by atoms with van der Waals surface area (Å²) in [5, 5.41) is 3.12. The van der Waals surface area contributed by atoms with E-state index in [0.29, 0.717) is 12.1 Å². The van der Waals surface area contributed by atoms with Gasteiger partial charge in [0.15, 0.2) is 0 Å². The molecule has 5 nitrogen and oxygen atoms in total. The molecule has 1 unspecified atom stereocenters. The second-order valence-corrected chi connectivity index (χ2v) is 10.3. The van der Waals surface area contributed by atoms with Crippen LogP contribution in [-0.2, 0) is 10.0 Å². The molecule has 3 rings (SSSR count). The minimum absolute atomic E-state index is 0.00607. The third kappa shape index (κ3) is 4.54. The van der Waals surface area contributed by atoms with Gasteiger partial charge in [-0.05, 0) is 76.0 Å². The Morgan fingerprint density at radius 1 is 1.07 bits per heavy atom. The Kier molecular flexibility index (Phi) is 6.26. The van der Waals surface area contributed by atoms with Crippen LogP contribution in [-0.4, -0.2) is 37.3 Å². The predicted octanol–water partition coefficient (Wildman–Crippen LogP) is 3.87. The van der Waals surface area contributed by atoms with Crippen molar-refractivity contribution in [2.24, 2.45) is 5.92 Å². The molecule has 0 radical (unpaired) electrons. The molecule has 1 saturated heterocycles. The number of amides is 1. The van der Waals surface area contributed by atoms with Gasteiger partial charge in [0.25, 0.3) is 5.91 Å². The van der Waals surface area contributed by atoms with E-state index in [2.05, 4.69) is 12.2 Å². The summed E-state index contributed by atoms with van der Waals surface area (Å²) in [5.41, 5.74) is 1.28. The summed E-state index contributed by atoms with van der Waals surface area (Å²) in [7, 11) is -3.57. The zero-order valence-electron chi connectivity index (χ0n) is 16.7. The molecule has 0 aromatic heterocycles. The number of nitrogens with one attached hydrogen (secondary N) is 1. The maximum Gasteiger partial charge on any atom is 0.251 e. The SMILES string of the molecule is Cc1ccc(S(=O)(=O)N2CCCCC2C)cc1C(=O)NC1CCC(C)CC1. The van der Waals surface area contributed by atoms with Gasteiger partial charge in [0.1, 0.15) is 0 Å². The largest absolute Gasteiger partial charge is 0.349 e. The smallest absolute Gasteiger partial charge is 0.251 e. The highest BCUT2D eigenvalue weighted by atomic mass is 32.2. The quantitative estimate of drug-likeness (QED) is 0.846. The summed E-state index contributed by atoms with van der Waals surface area (Å²) >= 11 is 0. The maximum absolute atomic E-state index is 13.1. The molecule has 2 aliphatic rings. The second-order valence-electron chi connectivity index (χ2n) is 8.37. The Balaban J connectivity index is 1.80. The molecule has 1 aromatic rings. The van der Waals surface area contributed by atoms with Crippen molar-refractivity contribution in [3.8, 4) is 0 Å². The van der Waals surface area contributed by atoms with Gasteiger partial charge in [-0.2, -0.15) is 4.31 Å². The normalized spacial score (nSPS) is 27.3. The fourth-order valence-electron chi connectivity index (χ4n) is 4.24. The van der Waals surface area contributed by atoms with Gasteiger partial charge in [0, 0.05) is 24.2 Å². The van der Waals surface area contributed by atoms with E-state index < -0.39 is 10.0 Å². The summed E-state index contributed by atoms with van der Waals surface area (Å²) in [6, 6.07) is 5.14. The van der Waals surface area contributed by atoms with Crippen LogP contribution in [0.4, 0.5) is 0 Å². The fraction of sp³-hybridized carbons (Fsp3) is 0.667. The van der Waals surface area contributed by atoms with Crippen molar-refractivity contribution in [2.45, 2.75) is 82.7 Å². The van der Waals surface area contributed by atoms with Crippen molar-refractivity contribution < 1.29 is 13.2 Å². The van der Waals surface area contributed by atoms with Crippen molar-refractivity contribution in [3.05, 3.63) is 29.3 Å². The van der Waals surface area contributed by atoms with E-state index in [-0.39, 0.29) is 22.9 Å². The lowest BCUT2D eigenvalue weighted by molar-refractivity contribution is 0.0922. The zero-order valence-corrected chi connectivity index (χ0v) is 17.5. The van der Waals surface area contributed by atoms with Crippen molar-refractivity contribution in [1.82, 2.24) is 9.62 Å². The highest BCUT2D eigenvalue weighted by Gasteiger charge is 2.31. The molecule has 1 atom stereocenters. The van der Waals surface area contributed by atoms with Gasteiger partial charge in [0.05, 0.1) is 4.90 Å². The van der Waals surface area contributed by atoms with Crippen molar-refractivity contribution in [2.75, 3.05) is 6.54 Å². The number of aryl methyl sites for hydroxylation is 1. The summed E-state index contributed by atoms with van der Waals surface area (Å²) in [4.78, 5) is 13.0. The van der Waals surface area contributed by atoms with Crippen LogP contribution in [0.3, 0.4) is 0 Å².